The molecule has 0 aliphatic heterocycles. The van der Waals surface area contributed by atoms with Gasteiger partial charge in [-0.05, 0) is 24.6 Å². The van der Waals surface area contributed by atoms with Crippen molar-refractivity contribution in [3.8, 4) is 0 Å². The van der Waals surface area contributed by atoms with Crippen LogP contribution in [-0.2, 0) is 6.54 Å². The van der Waals surface area contributed by atoms with Gasteiger partial charge in [-0.2, -0.15) is 0 Å². The average molecular weight is 283 g/mol. The summed E-state index contributed by atoms with van der Waals surface area (Å²) in [5.41, 5.74) is 1.82. The maximum Gasteiger partial charge on any atom is 0.336 e. The van der Waals surface area contributed by atoms with Crippen molar-refractivity contribution in [2.24, 2.45) is 0 Å². The van der Waals surface area contributed by atoms with Crippen LogP contribution in [0.15, 0.2) is 24.4 Å². The Balaban J connectivity index is 2.10. The minimum Gasteiger partial charge on any atom is -0.478 e. The molecule has 0 saturated carbocycles. The largest absolute Gasteiger partial charge is 0.478 e. The average Bonchev–Trinajstić information content (AvgIpc) is 2.74. The van der Waals surface area contributed by atoms with Crippen LogP contribution in [0.4, 0.5) is 5.69 Å². The van der Waals surface area contributed by atoms with Gasteiger partial charge in [0.25, 0.3) is 0 Å². The van der Waals surface area contributed by atoms with Crippen molar-refractivity contribution >= 4 is 34.6 Å². The van der Waals surface area contributed by atoms with Gasteiger partial charge in [-0.15, -0.1) is 11.3 Å². The van der Waals surface area contributed by atoms with Crippen molar-refractivity contribution in [3.05, 3.63) is 44.9 Å². The van der Waals surface area contributed by atoms with Crippen molar-refractivity contribution in [1.82, 2.24) is 4.98 Å². The third-order valence-electron chi connectivity index (χ3n) is 2.46. The first kappa shape index (κ1) is 12.9. The molecular weight excluding hydrogens is 272 g/mol. The summed E-state index contributed by atoms with van der Waals surface area (Å²) >= 11 is 7.13. The lowest BCUT2D eigenvalue weighted by atomic mass is 10.1. The van der Waals surface area contributed by atoms with Crippen LogP contribution in [0, 0.1) is 6.92 Å². The summed E-state index contributed by atoms with van der Waals surface area (Å²) in [6.07, 6.45) is 1.70. The van der Waals surface area contributed by atoms with Gasteiger partial charge in [0.2, 0.25) is 0 Å². The molecule has 0 saturated heterocycles. The van der Waals surface area contributed by atoms with E-state index < -0.39 is 5.97 Å². The number of thiazole rings is 1. The van der Waals surface area contributed by atoms with Crippen LogP contribution in [-0.4, -0.2) is 16.1 Å². The van der Waals surface area contributed by atoms with E-state index in [1.165, 1.54) is 11.3 Å². The lowest BCUT2D eigenvalue weighted by molar-refractivity contribution is 0.0696. The lowest BCUT2D eigenvalue weighted by Gasteiger charge is -2.07. The third kappa shape index (κ3) is 3.00. The molecule has 2 rings (SSSR count). The van der Waals surface area contributed by atoms with E-state index in [-0.39, 0.29) is 0 Å². The molecule has 2 N–H and O–H groups in total. The molecule has 4 nitrogen and oxygen atoms in total. The first-order valence-corrected chi connectivity index (χ1v) is 6.44. The molecule has 1 heterocycles. The number of nitrogens with zero attached hydrogens (tertiary/aromatic N) is 1. The number of carbonyl (C=O) groups is 1. The molecule has 1 aromatic carbocycles. The molecular formula is C12H11ClN2O2S. The van der Waals surface area contributed by atoms with E-state index in [9.17, 15) is 4.79 Å². The number of hydrogen-bond acceptors (Lipinski definition) is 4. The van der Waals surface area contributed by atoms with Gasteiger partial charge in [-0.1, -0.05) is 17.7 Å². The second-order valence-electron chi connectivity index (χ2n) is 3.77. The molecule has 0 unspecified atom stereocenters. The number of aryl methyl sites for hydroxylation is 1. The quantitative estimate of drug-likeness (QED) is 0.902. The Morgan fingerprint density at radius 3 is 2.94 bits per heavy atom. The Labute approximate surface area is 113 Å². The van der Waals surface area contributed by atoms with Crippen LogP contribution in [0.3, 0.4) is 0 Å². The summed E-state index contributed by atoms with van der Waals surface area (Å²) in [5, 5.41) is 12.2. The Hall–Kier alpha value is -1.59. The minimum atomic E-state index is -0.919. The first-order chi connectivity index (χ1) is 8.56. The second-order valence-corrected chi connectivity index (χ2v) is 5.47. The number of hydrogen-bond donors (Lipinski definition) is 2. The topological polar surface area (TPSA) is 62.2 Å². The second kappa shape index (κ2) is 5.37. The number of carboxylic acid groups (broad SMARTS) is 1. The highest BCUT2D eigenvalue weighted by Crippen LogP contribution is 2.20. The molecule has 94 valence electrons. The first-order valence-electron chi connectivity index (χ1n) is 5.24. The molecule has 0 atom stereocenters. The van der Waals surface area contributed by atoms with Crippen LogP contribution in [0.2, 0.25) is 4.47 Å². The van der Waals surface area contributed by atoms with Crippen molar-refractivity contribution in [2.45, 2.75) is 13.5 Å². The Morgan fingerprint density at radius 1 is 1.56 bits per heavy atom. The van der Waals surface area contributed by atoms with Crippen LogP contribution >= 0.6 is 22.9 Å². The summed E-state index contributed by atoms with van der Waals surface area (Å²) in [5.74, 6) is -0.919. The van der Waals surface area contributed by atoms with Gasteiger partial charge >= 0.3 is 5.97 Å². The number of rotatable bonds is 4. The van der Waals surface area contributed by atoms with Crippen molar-refractivity contribution in [1.29, 1.82) is 0 Å². The number of aromatic carboxylic acids is 1. The fourth-order valence-corrected chi connectivity index (χ4v) is 2.43. The smallest absolute Gasteiger partial charge is 0.336 e. The molecule has 0 radical (unpaired) electrons. The third-order valence-corrected chi connectivity index (χ3v) is 3.57. The highest BCUT2D eigenvalue weighted by atomic mass is 35.5. The van der Waals surface area contributed by atoms with Gasteiger partial charge < -0.3 is 10.4 Å². The SMILES string of the molecule is Cc1ccc(NCc2cnc(Cl)s2)cc1C(=O)O. The molecule has 0 spiro atoms. The summed E-state index contributed by atoms with van der Waals surface area (Å²) in [6, 6.07) is 5.26. The molecule has 0 aliphatic carbocycles. The predicted molar refractivity (Wildman–Crippen MR) is 72.6 cm³/mol. The normalized spacial score (nSPS) is 10.3. The number of halogens is 1. The lowest BCUT2D eigenvalue weighted by Crippen LogP contribution is -2.03. The zero-order chi connectivity index (χ0) is 13.1. The number of carboxylic acids is 1. The number of anilines is 1. The van der Waals surface area contributed by atoms with Gasteiger partial charge in [0.1, 0.15) is 0 Å². The van der Waals surface area contributed by atoms with Crippen molar-refractivity contribution < 1.29 is 9.90 Å². The van der Waals surface area contributed by atoms with Crippen molar-refractivity contribution in [2.75, 3.05) is 5.32 Å². The van der Waals surface area contributed by atoms with E-state index in [0.29, 0.717) is 16.6 Å². The van der Waals surface area contributed by atoms with E-state index in [0.717, 1.165) is 16.1 Å². The number of aromatic nitrogens is 1. The van der Waals surface area contributed by atoms with E-state index in [2.05, 4.69) is 10.3 Å². The van der Waals surface area contributed by atoms with Gasteiger partial charge in [0.15, 0.2) is 4.47 Å². The van der Waals surface area contributed by atoms with E-state index in [4.69, 9.17) is 16.7 Å². The van der Waals surface area contributed by atoms with Crippen LogP contribution in [0.5, 0.6) is 0 Å². The molecule has 0 bridgehead atoms. The van der Waals surface area contributed by atoms with Crippen LogP contribution < -0.4 is 5.32 Å². The predicted octanol–water partition coefficient (Wildman–Crippen LogP) is 3.42. The Kier molecular flexibility index (Phi) is 3.84. The van der Waals surface area contributed by atoms with E-state index in [1.807, 2.05) is 6.07 Å². The van der Waals surface area contributed by atoms with Gasteiger partial charge in [0.05, 0.1) is 12.1 Å². The maximum atomic E-state index is 11.0. The molecule has 1 aromatic heterocycles. The van der Waals surface area contributed by atoms with E-state index >= 15 is 0 Å². The molecule has 6 heteroatoms. The maximum absolute atomic E-state index is 11.0. The fourth-order valence-electron chi connectivity index (χ4n) is 1.52. The van der Waals surface area contributed by atoms with Gasteiger partial charge in [-0.3, -0.25) is 0 Å². The highest BCUT2D eigenvalue weighted by Gasteiger charge is 2.08. The molecule has 18 heavy (non-hydrogen) atoms. The van der Waals surface area contributed by atoms with E-state index in [1.54, 1.807) is 25.3 Å². The molecule has 0 amide bonds. The van der Waals surface area contributed by atoms with Crippen molar-refractivity contribution in [3.63, 3.8) is 0 Å². The standard InChI is InChI=1S/C12H11ClN2O2S/c1-7-2-3-8(4-10(7)11(16)17)14-5-9-6-15-12(13)18-9/h2-4,6,14H,5H2,1H3,(H,16,17). The number of benzene rings is 1. The number of nitrogens with one attached hydrogen (secondary N) is 1. The highest BCUT2D eigenvalue weighted by molar-refractivity contribution is 7.15. The summed E-state index contributed by atoms with van der Waals surface area (Å²) in [4.78, 5) is 15.9. The monoisotopic (exact) mass is 282 g/mol. The Bertz CT molecular complexity index is 583. The van der Waals surface area contributed by atoms with Gasteiger partial charge in [-0.25, -0.2) is 9.78 Å². The molecule has 2 aromatic rings. The summed E-state index contributed by atoms with van der Waals surface area (Å²) < 4.78 is 0.502. The summed E-state index contributed by atoms with van der Waals surface area (Å²) in [6.45, 7) is 2.35. The van der Waals surface area contributed by atoms with Gasteiger partial charge in [0, 0.05) is 16.8 Å². The summed E-state index contributed by atoms with van der Waals surface area (Å²) in [7, 11) is 0. The minimum absolute atomic E-state index is 0.308. The van der Waals surface area contributed by atoms with Crippen LogP contribution in [0.1, 0.15) is 20.8 Å². The zero-order valence-electron chi connectivity index (χ0n) is 9.61. The molecule has 0 fully saturated rings. The zero-order valence-corrected chi connectivity index (χ0v) is 11.2. The van der Waals surface area contributed by atoms with Crippen LogP contribution in [0.25, 0.3) is 0 Å². The fraction of sp³-hybridized carbons (Fsp3) is 0.167. The molecule has 0 aliphatic rings. The Morgan fingerprint density at radius 2 is 2.33 bits per heavy atom.